The number of nitrogens with zero attached hydrogens (tertiary/aromatic N) is 2. The lowest BCUT2D eigenvalue weighted by Gasteiger charge is -1.94. The van der Waals surface area contributed by atoms with Crippen LogP contribution in [0, 0.1) is 18.3 Å². The van der Waals surface area contributed by atoms with E-state index in [4.69, 9.17) is 9.68 Å². The van der Waals surface area contributed by atoms with Gasteiger partial charge in [0, 0.05) is 11.1 Å². The van der Waals surface area contributed by atoms with Crippen molar-refractivity contribution in [2.75, 3.05) is 0 Å². The fourth-order valence-corrected chi connectivity index (χ4v) is 2.25. The maximum absolute atomic E-state index is 9.16. The van der Waals surface area contributed by atoms with Gasteiger partial charge in [0.25, 0.3) is 0 Å². The normalized spacial score (nSPS) is 12.5. The first kappa shape index (κ1) is 12.3. The van der Waals surface area contributed by atoms with Gasteiger partial charge in [-0.1, -0.05) is 0 Å². The molecular weight excluding hydrogens is 244 g/mol. The van der Waals surface area contributed by atoms with Gasteiger partial charge in [0.05, 0.1) is 11.8 Å². The van der Waals surface area contributed by atoms with E-state index < -0.39 is 0 Å². The van der Waals surface area contributed by atoms with Gasteiger partial charge in [-0.15, -0.1) is 11.3 Å². The lowest BCUT2D eigenvalue weighted by atomic mass is 10.1. The highest BCUT2D eigenvalue weighted by Crippen LogP contribution is 2.21. The molecule has 2 heterocycles. The number of thiazole rings is 1. The quantitative estimate of drug-likeness (QED) is 0.614. The Bertz CT molecular complexity index is 627. The van der Waals surface area contributed by atoms with E-state index in [1.54, 1.807) is 6.26 Å². The van der Waals surface area contributed by atoms with Crippen LogP contribution in [0.5, 0.6) is 0 Å². The molecule has 3 nitrogen and oxygen atoms in total. The van der Waals surface area contributed by atoms with Gasteiger partial charge in [-0.3, -0.25) is 0 Å². The zero-order valence-corrected chi connectivity index (χ0v) is 11.0. The summed E-state index contributed by atoms with van der Waals surface area (Å²) in [7, 11) is 0. The van der Waals surface area contributed by atoms with E-state index in [9.17, 15) is 0 Å². The minimum Gasteiger partial charge on any atom is -0.465 e. The molecule has 18 heavy (non-hydrogen) atoms. The van der Waals surface area contributed by atoms with Crippen LogP contribution in [0.15, 0.2) is 39.8 Å². The maximum atomic E-state index is 9.16. The van der Waals surface area contributed by atoms with Crippen molar-refractivity contribution in [3.63, 3.8) is 0 Å². The predicted molar refractivity (Wildman–Crippen MR) is 72.8 cm³/mol. The monoisotopic (exact) mass is 256 g/mol. The van der Waals surface area contributed by atoms with Crippen molar-refractivity contribution in [2.24, 2.45) is 0 Å². The van der Waals surface area contributed by atoms with E-state index in [1.165, 1.54) is 11.3 Å². The molecule has 0 saturated heterocycles. The highest BCUT2D eigenvalue weighted by molar-refractivity contribution is 7.10. The molecule has 2 rings (SSSR count). The van der Waals surface area contributed by atoms with Gasteiger partial charge in [0.1, 0.15) is 16.8 Å². The van der Waals surface area contributed by atoms with E-state index in [1.807, 2.05) is 43.5 Å². The Hall–Kier alpha value is -2.12. The number of nitriles is 1. The standard InChI is InChI=1S/C14H12N2OS/c1-10(7-13-4-3-5-17-13)6-12(8-15)14-16-11(2)9-18-14/h3-7,9H,1-2H3. The van der Waals surface area contributed by atoms with E-state index >= 15 is 0 Å². The van der Waals surface area contributed by atoms with Crippen LogP contribution in [0.25, 0.3) is 11.6 Å². The van der Waals surface area contributed by atoms with Gasteiger partial charge in [0.2, 0.25) is 0 Å². The minimum absolute atomic E-state index is 0.577. The van der Waals surface area contributed by atoms with Crippen molar-refractivity contribution >= 4 is 23.0 Å². The average Bonchev–Trinajstić information content (AvgIpc) is 2.97. The lowest BCUT2D eigenvalue weighted by Crippen LogP contribution is -1.82. The number of aromatic nitrogens is 1. The molecule has 0 fully saturated rings. The summed E-state index contributed by atoms with van der Waals surface area (Å²) in [5.41, 5.74) is 2.46. The van der Waals surface area contributed by atoms with Gasteiger partial charge >= 0.3 is 0 Å². The fourth-order valence-electron chi connectivity index (χ4n) is 1.49. The van der Waals surface area contributed by atoms with E-state index in [2.05, 4.69) is 11.1 Å². The molecular formula is C14H12N2OS. The molecule has 0 saturated carbocycles. The molecule has 0 N–H and O–H groups in total. The van der Waals surface area contributed by atoms with Gasteiger partial charge < -0.3 is 4.42 Å². The first-order valence-electron chi connectivity index (χ1n) is 5.45. The molecule has 0 unspecified atom stereocenters. The SMILES string of the molecule is CC(=Cc1ccco1)C=C(C#N)c1nc(C)cs1. The Morgan fingerprint density at radius 2 is 2.39 bits per heavy atom. The molecule has 0 aromatic carbocycles. The number of aryl methyl sites for hydroxylation is 1. The van der Waals surface area contributed by atoms with Gasteiger partial charge in [-0.2, -0.15) is 5.26 Å². The number of allylic oxidation sites excluding steroid dienone is 3. The Kier molecular flexibility index (Phi) is 3.75. The summed E-state index contributed by atoms with van der Waals surface area (Å²) in [6.07, 6.45) is 5.33. The third kappa shape index (κ3) is 2.96. The number of rotatable bonds is 3. The summed E-state index contributed by atoms with van der Waals surface area (Å²) in [5.74, 6) is 0.774. The molecule has 0 atom stereocenters. The molecule has 0 spiro atoms. The molecule has 90 valence electrons. The summed E-state index contributed by atoms with van der Waals surface area (Å²) in [5, 5.41) is 11.9. The average molecular weight is 256 g/mol. The third-order valence-corrected chi connectivity index (χ3v) is 3.25. The van der Waals surface area contributed by atoms with Gasteiger partial charge in [-0.05, 0) is 43.7 Å². The van der Waals surface area contributed by atoms with Crippen LogP contribution in [0.4, 0.5) is 0 Å². The van der Waals surface area contributed by atoms with Crippen LogP contribution in [0.2, 0.25) is 0 Å². The number of hydrogen-bond acceptors (Lipinski definition) is 4. The first-order chi connectivity index (χ1) is 8.69. The summed E-state index contributed by atoms with van der Waals surface area (Å²) >= 11 is 1.48. The minimum atomic E-state index is 0.577. The zero-order chi connectivity index (χ0) is 13.0. The maximum Gasteiger partial charge on any atom is 0.134 e. The van der Waals surface area contributed by atoms with Crippen molar-refractivity contribution in [3.05, 3.63) is 51.9 Å². The molecule has 0 aliphatic carbocycles. The largest absolute Gasteiger partial charge is 0.465 e. The summed E-state index contributed by atoms with van der Waals surface area (Å²) in [6, 6.07) is 5.88. The van der Waals surface area contributed by atoms with Crippen molar-refractivity contribution in [2.45, 2.75) is 13.8 Å². The van der Waals surface area contributed by atoms with Crippen LogP contribution in [-0.2, 0) is 0 Å². The molecule has 0 aliphatic rings. The van der Waals surface area contributed by atoms with Crippen LogP contribution >= 0.6 is 11.3 Å². The fraction of sp³-hybridized carbons (Fsp3) is 0.143. The van der Waals surface area contributed by atoms with E-state index in [-0.39, 0.29) is 0 Å². The molecule has 0 aliphatic heterocycles. The van der Waals surface area contributed by atoms with E-state index in [0.29, 0.717) is 5.57 Å². The molecule has 0 amide bonds. The second-order valence-corrected chi connectivity index (χ2v) is 4.73. The van der Waals surface area contributed by atoms with Gasteiger partial charge in [0.15, 0.2) is 0 Å². The first-order valence-corrected chi connectivity index (χ1v) is 6.33. The predicted octanol–water partition coefficient (Wildman–Crippen LogP) is 4.06. The van der Waals surface area contributed by atoms with Crippen molar-refractivity contribution in [1.29, 1.82) is 5.26 Å². The Morgan fingerprint density at radius 3 is 2.94 bits per heavy atom. The van der Waals surface area contributed by atoms with Crippen molar-refractivity contribution in [1.82, 2.24) is 4.98 Å². The number of furan rings is 1. The molecule has 2 aromatic heterocycles. The van der Waals surface area contributed by atoms with Crippen LogP contribution < -0.4 is 0 Å². The molecule has 2 aromatic rings. The van der Waals surface area contributed by atoms with Crippen LogP contribution in [0.3, 0.4) is 0 Å². The third-order valence-electron chi connectivity index (χ3n) is 2.25. The molecule has 4 heteroatoms. The van der Waals surface area contributed by atoms with Crippen molar-refractivity contribution < 1.29 is 4.42 Å². The van der Waals surface area contributed by atoms with E-state index in [0.717, 1.165) is 22.0 Å². The highest BCUT2D eigenvalue weighted by atomic mass is 32.1. The molecule has 0 radical (unpaired) electrons. The van der Waals surface area contributed by atoms with Crippen molar-refractivity contribution in [3.8, 4) is 6.07 Å². The van der Waals surface area contributed by atoms with Crippen LogP contribution in [0.1, 0.15) is 23.4 Å². The highest BCUT2D eigenvalue weighted by Gasteiger charge is 2.05. The smallest absolute Gasteiger partial charge is 0.134 e. The Balaban J connectivity index is 2.28. The molecule has 0 bridgehead atoms. The Labute approximate surface area is 110 Å². The summed E-state index contributed by atoms with van der Waals surface area (Å²) in [6.45, 7) is 3.85. The topological polar surface area (TPSA) is 49.8 Å². The second kappa shape index (κ2) is 5.48. The second-order valence-electron chi connectivity index (χ2n) is 3.87. The number of hydrogen-bond donors (Lipinski definition) is 0. The summed E-state index contributed by atoms with van der Waals surface area (Å²) < 4.78 is 5.23. The lowest BCUT2D eigenvalue weighted by molar-refractivity contribution is 0.556. The van der Waals surface area contributed by atoms with Crippen LogP contribution in [-0.4, -0.2) is 4.98 Å². The Morgan fingerprint density at radius 1 is 1.56 bits per heavy atom. The zero-order valence-electron chi connectivity index (χ0n) is 10.2. The summed E-state index contributed by atoms with van der Waals surface area (Å²) in [4.78, 5) is 4.31. The van der Waals surface area contributed by atoms with Gasteiger partial charge in [-0.25, -0.2) is 4.98 Å².